The van der Waals surface area contributed by atoms with Gasteiger partial charge in [-0.05, 0) is 112 Å². The van der Waals surface area contributed by atoms with Crippen LogP contribution >= 0.6 is 0 Å². The van der Waals surface area contributed by atoms with Gasteiger partial charge >= 0.3 is 0 Å². The molecule has 262 valence electrons. The van der Waals surface area contributed by atoms with E-state index in [1.807, 2.05) is 32.0 Å². The Morgan fingerprint density at radius 3 is 1.88 bits per heavy atom. The molecule has 4 amide bonds. The minimum atomic E-state index is -1.19. The average molecular weight is 666 g/mol. The molecule has 0 heterocycles. The summed E-state index contributed by atoms with van der Waals surface area (Å²) >= 11 is 0. The molecular formula is C34H51N9O5. The van der Waals surface area contributed by atoms with Crippen molar-refractivity contribution in [2.24, 2.45) is 17.2 Å². The van der Waals surface area contributed by atoms with Crippen LogP contribution in [0, 0.1) is 38.5 Å². The molecule has 0 radical (unpaired) electrons. The van der Waals surface area contributed by atoms with Crippen molar-refractivity contribution in [3.05, 3.63) is 63.7 Å². The number of hydrogen-bond acceptors (Lipinski definition) is 8. The molecule has 3 atom stereocenters. The predicted molar refractivity (Wildman–Crippen MR) is 186 cm³/mol. The first-order valence-corrected chi connectivity index (χ1v) is 16.0. The van der Waals surface area contributed by atoms with E-state index in [0.717, 1.165) is 16.7 Å². The molecule has 0 saturated carbocycles. The van der Waals surface area contributed by atoms with E-state index in [2.05, 4.69) is 21.3 Å². The van der Waals surface area contributed by atoms with Gasteiger partial charge in [0.2, 0.25) is 17.7 Å². The van der Waals surface area contributed by atoms with Crippen molar-refractivity contribution in [1.82, 2.24) is 21.3 Å². The highest BCUT2D eigenvalue weighted by atomic mass is 16.3. The zero-order valence-corrected chi connectivity index (χ0v) is 28.3. The summed E-state index contributed by atoms with van der Waals surface area (Å²) in [6.07, 6.45) is 1.90. The van der Waals surface area contributed by atoms with Crippen molar-refractivity contribution in [1.29, 1.82) is 10.8 Å². The molecule has 14 nitrogen and oxygen atoms in total. The monoisotopic (exact) mass is 665 g/mol. The lowest BCUT2D eigenvalue weighted by Gasteiger charge is -2.26. The van der Waals surface area contributed by atoms with E-state index >= 15 is 0 Å². The number of aryl methyl sites for hydroxylation is 4. The third kappa shape index (κ3) is 12.3. The largest absolute Gasteiger partial charge is 0.508 e. The van der Waals surface area contributed by atoms with E-state index in [9.17, 15) is 24.3 Å². The highest BCUT2D eigenvalue weighted by Gasteiger charge is 2.30. The summed E-state index contributed by atoms with van der Waals surface area (Å²) in [5.74, 6) is -2.93. The summed E-state index contributed by atoms with van der Waals surface area (Å²) in [5.41, 5.74) is 21.3. The topological polar surface area (TPSA) is 262 Å². The van der Waals surface area contributed by atoms with Crippen molar-refractivity contribution >= 4 is 35.3 Å². The Bertz CT molecular complexity index is 1450. The Labute approximate surface area is 282 Å². The summed E-state index contributed by atoms with van der Waals surface area (Å²) in [5, 5.41) is 36.3. The van der Waals surface area contributed by atoms with Gasteiger partial charge in [0.25, 0.3) is 5.91 Å². The van der Waals surface area contributed by atoms with Crippen LogP contribution in [0.4, 0.5) is 0 Å². The second-order valence-corrected chi connectivity index (χ2v) is 12.1. The molecule has 0 fully saturated rings. The van der Waals surface area contributed by atoms with Gasteiger partial charge in [-0.1, -0.05) is 18.2 Å². The van der Waals surface area contributed by atoms with Crippen LogP contribution < -0.4 is 38.5 Å². The molecule has 2 aromatic rings. The van der Waals surface area contributed by atoms with Crippen LogP contribution in [0.5, 0.6) is 5.75 Å². The summed E-state index contributed by atoms with van der Waals surface area (Å²) in [4.78, 5) is 53.1. The van der Waals surface area contributed by atoms with E-state index < -0.39 is 41.8 Å². The minimum Gasteiger partial charge on any atom is -0.508 e. The smallest absolute Gasteiger partial charge is 0.265 e. The second kappa shape index (κ2) is 19.0. The number of phenolic OH excluding ortho intramolecular Hbond substituents is 1. The first kappa shape index (κ1) is 39.2. The molecule has 0 unspecified atom stereocenters. The molecular weight excluding hydrogens is 614 g/mol. The zero-order valence-electron chi connectivity index (χ0n) is 28.3. The number of nitrogens with two attached hydrogens (primary N) is 3. The Morgan fingerprint density at radius 1 is 0.771 bits per heavy atom. The maximum atomic E-state index is 13.9. The van der Waals surface area contributed by atoms with E-state index in [1.165, 1.54) is 0 Å². The number of rotatable bonds is 19. The molecule has 13 N–H and O–H groups in total. The van der Waals surface area contributed by atoms with E-state index in [-0.39, 0.29) is 49.6 Å². The van der Waals surface area contributed by atoms with Crippen molar-refractivity contribution in [3.63, 3.8) is 0 Å². The zero-order chi connectivity index (χ0) is 36.0. The molecule has 0 bridgehead atoms. The Balaban J connectivity index is 2.34. The molecule has 0 saturated heterocycles. The SMILES string of the molecule is Cc1cccc(C)c1C[C@H](NC(=O)[C@H](CCCCN)NC(=O)[C@H](Cc1c(C)cc(O)cc1C)NC(=O)C(=N)CCCNC(=N)N)C(N)=O. The van der Waals surface area contributed by atoms with Gasteiger partial charge in [0, 0.05) is 19.4 Å². The first-order chi connectivity index (χ1) is 22.6. The van der Waals surface area contributed by atoms with E-state index in [4.69, 9.17) is 28.0 Å². The fourth-order valence-electron chi connectivity index (χ4n) is 5.46. The number of carbonyl (C=O) groups is 4. The van der Waals surface area contributed by atoms with Crippen LogP contribution in [0.1, 0.15) is 65.5 Å². The number of phenols is 1. The third-order valence-electron chi connectivity index (χ3n) is 8.20. The fourth-order valence-corrected chi connectivity index (χ4v) is 5.46. The molecule has 0 aromatic heterocycles. The van der Waals surface area contributed by atoms with Crippen molar-refractivity contribution in [2.45, 2.75) is 90.8 Å². The molecule has 14 heteroatoms. The molecule has 0 aliphatic heterocycles. The molecule has 2 rings (SSSR count). The maximum absolute atomic E-state index is 13.9. The van der Waals surface area contributed by atoms with E-state index in [0.29, 0.717) is 42.5 Å². The van der Waals surface area contributed by atoms with Crippen molar-refractivity contribution in [3.8, 4) is 5.75 Å². The normalized spacial score (nSPS) is 12.7. The highest BCUT2D eigenvalue weighted by molar-refractivity contribution is 6.37. The standard InChI is InChI=1S/C34H51N9O5/c1-19-9-7-10-20(2)24(19)17-28(30(37)45)42-32(47)27(12-5-6-13-35)41-33(48)29(18-25-21(3)15-23(44)16-22(25)4)43-31(46)26(36)11-8-14-40-34(38)39/h7,9-10,15-16,27-29,36,44H,5-6,8,11-14,17-18,35H2,1-4H3,(H2,37,45)(H,41,48)(H,42,47)(H,43,46)(H4,38,39,40)/t27-,28-,29-/m0/s1. The second-order valence-electron chi connectivity index (χ2n) is 12.1. The third-order valence-corrected chi connectivity index (χ3v) is 8.20. The van der Waals surface area contributed by atoms with Crippen LogP contribution in [0.3, 0.4) is 0 Å². The van der Waals surface area contributed by atoms with Gasteiger partial charge in [-0.25, -0.2) is 0 Å². The van der Waals surface area contributed by atoms with Crippen molar-refractivity contribution in [2.75, 3.05) is 13.1 Å². The van der Waals surface area contributed by atoms with Crippen LogP contribution in [0.25, 0.3) is 0 Å². The Morgan fingerprint density at radius 2 is 1.31 bits per heavy atom. The summed E-state index contributed by atoms with van der Waals surface area (Å²) < 4.78 is 0. The van der Waals surface area contributed by atoms with Gasteiger partial charge in [-0.2, -0.15) is 0 Å². The molecule has 0 aliphatic carbocycles. The quantitative estimate of drug-likeness (QED) is 0.0580. The average Bonchev–Trinajstić information content (AvgIpc) is 3.00. The molecule has 0 spiro atoms. The lowest BCUT2D eigenvalue weighted by molar-refractivity contribution is -0.132. The summed E-state index contributed by atoms with van der Waals surface area (Å²) in [7, 11) is 0. The summed E-state index contributed by atoms with van der Waals surface area (Å²) in [6, 6.07) is 5.50. The number of nitrogens with one attached hydrogen (secondary N) is 6. The van der Waals surface area contributed by atoms with Gasteiger partial charge < -0.3 is 43.6 Å². The number of primary amides is 1. The number of benzene rings is 2. The number of unbranched alkanes of at least 4 members (excludes halogenated alkanes) is 1. The lowest BCUT2D eigenvalue weighted by atomic mass is 9.94. The molecule has 2 aromatic carbocycles. The lowest BCUT2D eigenvalue weighted by Crippen LogP contribution is -2.57. The molecule has 0 aliphatic rings. The van der Waals surface area contributed by atoms with Gasteiger partial charge in [-0.15, -0.1) is 0 Å². The van der Waals surface area contributed by atoms with Gasteiger partial charge in [0.15, 0.2) is 5.96 Å². The predicted octanol–water partition coefficient (Wildman–Crippen LogP) is 0.763. The number of carbonyl (C=O) groups excluding carboxylic acids is 4. The van der Waals surface area contributed by atoms with Crippen LogP contribution in [-0.4, -0.2) is 71.6 Å². The van der Waals surface area contributed by atoms with Crippen LogP contribution in [-0.2, 0) is 32.0 Å². The maximum Gasteiger partial charge on any atom is 0.265 e. The van der Waals surface area contributed by atoms with Gasteiger partial charge in [0.05, 0.1) is 5.71 Å². The fraction of sp³-hybridized carbons (Fsp3) is 0.471. The number of guanidine groups is 1. The van der Waals surface area contributed by atoms with Crippen molar-refractivity contribution < 1.29 is 24.3 Å². The van der Waals surface area contributed by atoms with Gasteiger partial charge in [-0.3, -0.25) is 30.0 Å². The van der Waals surface area contributed by atoms with Gasteiger partial charge in [0.1, 0.15) is 23.9 Å². The number of hydrogen-bond donors (Lipinski definition) is 10. The number of aromatic hydroxyl groups is 1. The van der Waals surface area contributed by atoms with Crippen LogP contribution in [0.2, 0.25) is 0 Å². The minimum absolute atomic E-state index is 0.0162. The number of amides is 4. The van der Waals surface area contributed by atoms with Crippen LogP contribution in [0.15, 0.2) is 30.3 Å². The first-order valence-electron chi connectivity index (χ1n) is 16.0. The van der Waals surface area contributed by atoms with E-state index in [1.54, 1.807) is 26.0 Å². The highest BCUT2D eigenvalue weighted by Crippen LogP contribution is 2.22. The Kier molecular flexibility index (Phi) is 15.5. The molecule has 48 heavy (non-hydrogen) atoms. The summed E-state index contributed by atoms with van der Waals surface area (Å²) in [6.45, 7) is 8.02. The Hall–Kier alpha value is -4.98.